The lowest BCUT2D eigenvalue weighted by Crippen LogP contribution is -2.06. The van der Waals surface area contributed by atoms with Crippen molar-refractivity contribution in [2.45, 2.75) is 0 Å². The van der Waals surface area contributed by atoms with Crippen molar-refractivity contribution in [2.24, 2.45) is 0 Å². The van der Waals surface area contributed by atoms with Crippen molar-refractivity contribution in [3.8, 4) is 0 Å². The SMILES string of the molecule is OBc1cc(Br)cs1. The molecule has 0 saturated carbocycles. The predicted octanol–water partition coefficient (Wildman–Crippen LogP) is 0.480. The van der Waals surface area contributed by atoms with Crippen molar-refractivity contribution in [1.29, 1.82) is 0 Å². The van der Waals surface area contributed by atoms with Crippen molar-refractivity contribution in [3.63, 3.8) is 0 Å². The Morgan fingerprint density at radius 2 is 2.50 bits per heavy atom. The zero-order valence-corrected chi connectivity index (χ0v) is 6.50. The fourth-order valence-corrected chi connectivity index (χ4v) is 1.75. The molecule has 0 unspecified atom stereocenters. The maximum atomic E-state index is 8.54. The Kier molecular flexibility index (Phi) is 2.11. The quantitative estimate of drug-likeness (QED) is 0.640. The van der Waals surface area contributed by atoms with E-state index in [0.29, 0.717) is 0 Å². The van der Waals surface area contributed by atoms with Crippen LogP contribution in [0.3, 0.4) is 0 Å². The van der Waals surface area contributed by atoms with E-state index in [-0.39, 0.29) is 7.48 Å². The molecule has 0 amide bonds. The van der Waals surface area contributed by atoms with Crippen LogP contribution in [0.4, 0.5) is 0 Å². The second kappa shape index (κ2) is 2.66. The Labute approximate surface area is 60.8 Å². The Hall–Kier alpha value is 0.205. The molecule has 1 rings (SSSR count). The lowest BCUT2D eigenvalue weighted by Gasteiger charge is -1.76. The largest absolute Gasteiger partial charge is 0.449 e. The third-order valence-corrected chi connectivity index (χ3v) is 2.46. The van der Waals surface area contributed by atoms with E-state index < -0.39 is 0 Å². The van der Waals surface area contributed by atoms with Crippen LogP contribution in [0.2, 0.25) is 0 Å². The van der Waals surface area contributed by atoms with E-state index in [4.69, 9.17) is 5.02 Å². The number of hydrogen-bond acceptors (Lipinski definition) is 2. The van der Waals surface area contributed by atoms with Crippen LogP contribution in [0.25, 0.3) is 0 Å². The molecule has 0 aliphatic heterocycles. The van der Waals surface area contributed by atoms with Crippen LogP contribution >= 0.6 is 27.3 Å². The maximum absolute atomic E-state index is 8.54. The molecule has 0 spiro atoms. The molecule has 0 aliphatic carbocycles. The van der Waals surface area contributed by atoms with Gasteiger partial charge in [-0.25, -0.2) is 0 Å². The Morgan fingerprint density at radius 1 is 1.75 bits per heavy atom. The van der Waals surface area contributed by atoms with Gasteiger partial charge in [0.1, 0.15) is 0 Å². The maximum Gasteiger partial charge on any atom is 0.315 e. The summed E-state index contributed by atoms with van der Waals surface area (Å²) in [5, 5.41) is 10.5. The third-order valence-electron chi connectivity index (χ3n) is 0.778. The van der Waals surface area contributed by atoms with E-state index in [1.807, 2.05) is 11.4 Å². The van der Waals surface area contributed by atoms with Gasteiger partial charge in [0.05, 0.1) is 0 Å². The molecule has 0 fully saturated rings. The molecule has 8 heavy (non-hydrogen) atoms. The van der Waals surface area contributed by atoms with Crippen LogP contribution in [0.1, 0.15) is 0 Å². The Morgan fingerprint density at radius 3 is 2.75 bits per heavy atom. The molecule has 1 N–H and O–H groups in total. The van der Waals surface area contributed by atoms with Crippen LogP contribution in [0.5, 0.6) is 0 Å². The highest BCUT2D eigenvalue weighted by atomic mass is 79.9. The zero-order chi connectivity index (χ0) is 5.98. The fraction of sp³-hybridized carbons (Fsp3) is 0. The van der Waals surface area contributed by atoms with E-state index >= 15 is 0 Å². The number of thiophene rings is 1. The lowest BCUT2D eigenvalue weighted by atomic mass is 10.0. The predicted molar refractivity (Wildman–Crippen MR) is 41.0 cm³/mol. The molecular formula is C4H4BBrOS. The first-order valence-electron chi connectivity index (χ1n) is 2.16. The van der Waals surface area contributed by atoms with Gasteiger partial charge in [0, 0.05) is 14.6 Å². The summed E-state index contributed by atoms with van der Waals surface area (Å²) in [5.41, 5.74) is 0. The standard InChI is InChI=1S/C4H4BBrOS/c6-3-1-4(5-7)8-2-3/h1-2,5,7H. The van der Waals surface area contributed by atoms with Crippen molar-refractivity contribution >= 4 is 39.5 Å². The van der Waals surface area contributed by atoms with Gasteiger partial charge in [-0.2, -0.15) is 11.3 Å². The zero-order valence-electron chi connectivity index (χ0n) is 4.10. The van der Waals surface area contributed by atoms with Gasteiger partial charge in [0.25, 0.3) is 0 Å². The van der Waals surface area contributed by atoms with Gasteiger partial charge >= 0.3 is 7.48 Å². The third kappa shape index (κ3) is 1.34. The van der Waals surface area contributed by atoms with E-state index in [0.717, 1.165) is 9.25 Å². The van der Waals surface area contributed by atoms with Gasteiger partial charge < -0.3 is 5.02 Å². The van der Waals surface area contributed by atoms with E-state index in [1.165, 1.54) is 0 Å². The highest BCUT2D eigenvalue weighted by Gasteiger charge is 1.94. The van der Waals surface area contributed by atoms with Gasteiger partial charge in [0.2, 0.25) is 0 Å². The number of rotatable bonds is 1. The summed E-state index contributed by atoms with van der Waals surface area (Å²) in [6.45, 7) is 0. The summed E-state index contributed by atoms with van der Waals surface area (Å²) >= 11 is 4.82. The molecule has 0 aliphatic rings. The molecular weight excluding hydrogens is 187 g/mol. The second-order valence-electron chi connectivity index (χ2n) is 1.39. The van der Waals surface area contributed by atoms with Crippen LogP contribution in [-0.4, -0.2) is 12.5 Å². The Balaban J connectivity index is 2.84. The average molecular weight is 191 g/mol. The molecule has 42 valence electrons. The summed E-state index contributed by atoms with van der Waals surface area (Å²) < 4.78 is 2.04. The first kappa shape index (κ1) is 6.33. The van der Waals surface area contributed by atoms with E-state index in [1.54, 1.807) is 11.3 Å². The minimum atomic E-state index is 0.149. The van der Waals surface area contributed by atoms with Gasteiger partial charge in [-0.3, -0.25) is 0 Å². The van der Waals surface area contributed by atoms with Crippen LogP contribution < -0.4 is 4.78 Å². The number of halogens is 1. The molecule has 0 aromatic carbocycles. The molecule has 4 heteroatoms. The first-order valence-corrected chi connectivity index (χ1v) is 3.84. The molecule has 0 atom stereocenters. The van der Waals surface area contributed by atoms with Gasteiger partial charge in [-0.05, 0) is 22.0 Å². The van der Waals surface area contributed by atoms with Gasteiger partial charge in [-0.1, -0.05) is 0 Å². The van der Waals surface area contributed by atoms with Crippen molar-refractivity contribution < 1.29 is 5.02 Å². The van der Waals surface area contributed by atoms with Crippen molar-refractivity contribution in [1.82, 2.24) is 0 Å². The molecule has 0 saturated heterocycles. The van der Waals surface area contributed by atoms with Gasteiger partial charge in [-0.15, -0.1) is 0 Å². The smallest absolute Gasteiger partial charge is 0.315 e. The highest BCUT2D eigenvalue weighted by molar-refractivity contribution is 9.10. The first-order chi connectivity index (χ1) is 3.83. The monoisotopic (exact) mass is 190 g/mol. The molecule has 1 nitrogen and oxygen atoms in total. The summed E-state index contributed by atoms with van der Waals surface area (Å²) in [6, 6.07) is 1.91. The van der Waals surface area contributed by atoms with E-state index in [9.17, 15) is 0 Å². The van der Waals surface area contributed by atoms with Crippen molar-refractivity contribution in [2.75, 3.05) is 0 Å². The lowest BCUT2D eigenvalue weighted by molar-refractivity contribution is 0.616. The fourth-order valence-electron chi connectivity index (χ4n) is 0.437. The van der Waals surface area contributed by atoms with Crippen molar-refractivity contribution in [3.05, 3.63) is 15.9 Å². The van der Waals surface area contributed by atoms with Gasteiger partial charge in [0.15, 0.2) is 0 Å². The summed E-state index contributed by atoms with van der Waals surface area (Å²) in [5.74, 6) is 0. The summed E-state index contributed by atoms with van der Waals surface area (Å²) in [7, 11) is 0.149. The van der Waals surface area contributed by atoms with Crippen LogP contribution in [0, 0.1) is 0 Å². The van der Waals surface area contributed by atoms with Crippen LogP contribution in [0.15, 0.2) is 15.9 Å². The molecule has 0 radical (unpaired) electrons. The number of hydrogen-bond donors (Lipinski definition) is 1. The second-order valence-corrected chi connectivity index (χ2v) is 3.30. The molecule has 1 aromatic rings. The molecule has 1 heterocycles. The summed E-state index contributed by atoms with van der Waals surface area (Å²) in [4.78, 5) is 0. The molecule has 0 bridgehead atoms. The van der Waals surface area contributed by atoms with Crippen LogP contribution in [-0.2, 0) is 0 Å². The Bertz CT molecular complexity index is 176. The average Bonchev–Trinajstić information content (AvgIpc) is 2.14. The van der Waals surface area contributed by atoms with E-state index in [2.05, 4.69) is 15.9 Å². The minimum Gasteiger partial charge on any atom is -0.449 e. The summed E-state index contributed by atoms with van der Waals surface area (Å²) in [6.07, 6.45) is 0. The highest BCUT2D eigenvalue weighted by Crippen LogP contribution is 2.09. The normalized spacial score (nSPS) is 9.25. The molecule has 1 aromatic heterocycles. The minimum absolute atomic E-state index is 0.149. The topological polar surface area (TPSA) is 20.2 Å².